The zero-order valence-electron chi connectivity index (χ0n) is 26.4. The van der Waals surface area contributed by atoms with Crippen molar-refractivity contribution < 1.29 is 19.4 Å². The van der Waals surface area contributed by atoms with Gasteiger partial charge in [-0.05, 0) is 48.7 Å². The Kier molecular flexibility index (Phi) is 8.96. The average molecular weight is 636 g/mol. The van der Waals surface area contributed by atoms with Crippen molar-refractivity contribution in [1.82, 2.24) is 20.0 Å². The minimum Gasteiger partial charge on any atom is -0.507 e. The fourth-order valence-corrected chi connectivity index (χ4v) is 6.98. The third-order valence-corrected chi connectivity index (χ3v) is 9.43. The average Bonchev–Trinajstić information content (AvgIpc) is 3.37. The highest BCUT2D eigenvalue weighted by atomic mass is 16.6. The van der Waals surface area contributed by atoms with Gasteiger partial charge in [0.25, 0.3) is 0 Å². The first-order chi connectivity index (χ1) is 23.0. The van der Waals surface area contributed by atoms with Crippen molar-refractivity contribution in [3.05, 3.63) is 90.5 Å². The minimum absolute atomic E-state index is 0.170. The number of aromatic hydroxyl groups is 1. The molecule has 11 heteroatoms. The number of anilines is 3. The lowest BCUT2D eigenvalue weighted by Crippen LogP contribution is -2.54. The van der Waals surface area contributed by atoms with Crippen LogP contribution in [-0.4, -0.2) is 95.7 Å². The van der Waals surface area contributed by atoms with Crippen LogP contribution in [0, 0.1) is 0 Å². The number of nitrogens with zero attached hydrogens (tertiary/aromatic N) is 6. The van der Waals surface area contributed by atoms with Crippen LogP contribution in [0.2, 0.25) is 0 Å². The zero-order chi connectivity index (χ0) is 32.2. The predicted octanol–water partition coefficient (Wildman–Crippen LogP) is 4.62. The maximum atomic E-state index is 12.5. The number of amides is 1. The van der Waals surface area contributed by atoms with Gasteiger partial charge in [-0.25, -0.2) is 4.79 Å². The molecule has 3 aromatic carbocycles. The number of nitrogens with two attached hydrogens (primary N) is 1. The zero-order valence-corrected chi connectivity index (χ0v) is 26.4. The van der Waals surface area contributed by atoms with E-state index in [2.05, 4.69) is 43.1 Å². The highest BCUT2D eigenvalue weighted by Gasteiger charge is 2.41. The molecule has 3 aliphatic rings. The Morgan fingerprint density at radius 3 is 2.38 bits per heavy atom. The molecule has 1 amide bonds. The lowest BCUT2D eigenvalue weighted by Gasteiger charge is -2.43. The summed E-state index contributed by atoms with van der Waals surface area (Å²) < 4.78 is 11.7. The van der Waals surface area contributed by atoms with E-state index < -0.39 is 0 Å². The SMILES string of the molecule is Nc1nnc(-c2ccccc2O)cc1N1CC2CCC(C1)N2c1cccc(OCCN2CCN(C(=O)OCc3ccccc3)CC2)c1. The topological polar surface area (TPSA) is 121 Å². The molecule has 47 heavy (non-hydrogen) atoms. The molecule has 4 aromatic rings. The molecule has 7 rings (SSSR count). The number of nitrogen functional groups attached to an aromatic ring is 1. The number of hydrogen-bond acceptors (Lipinski definition) is 10. The second kappa shape index (κ2) is 13.8. The number of phenols is 1. The number of fused-ring (bicyclic) bond motifs is 2. The Morgan fingerprint density at radius 2 is 1.62 bits per heavy atom. The number of ether oxygens (including phenoxy) is 2. The van der Waals surface area contributed by atoms with Gasteiger partial charge < -0.3 is 35.0 Å². The number of carbonyl (C=O) groups is 1. The van der Waals surface area contributed by atoms with Crippen LogP contribution in [0.4, 0.5) is 22.0 Å². The first kappa shape index (κ1) is 30.6. The molecule has 4 heterocycles. The van der Waals surface area contributed by atoms with Crippen molar-refractivity contribution in [1.29, 1.82) is 0 Å². The fourth-order valence-electron chi connectivity index (χ4n) is 6.98. The summed E-state index contributed by atoms with van der Waals surface area (Å²) in [5.41, 5.74) is 10.6. The Hall–Kier alpha value is -5.03. The van der Waals surface area contributed by atoms with Gasteiger partial charge in [-0.2, -0.15) is 0 Å². The number of phenolic OH excluding ortho intramolecular Hbond substituents is 1. The van der Waals surface area contributed by atoms with Crippen molar-refractivity contribution in [2.75, 3.05) is 68.0 Å². The molecule has 3 aliphatic heterocycles. The Balaban J connectivity index is 0.908. The number of para-hydroxylation sites is 1. The minimum atomic E-state index is -0.255. The van der Waals surface area contributed by atoms with Crippen molar-refractivity contribution >= 4 is 23.3 Å². The molecular weight excluding hydrogens is 594 g/mol. The van der Waals surface area contributed by atoms with Gasteiger partial charge in [-0.1, -0.05) is 48.5 Å². The van der Waals surface area contributed by atoms with Crippen LogP contribution in [0.5, 0.6) is 11.5 Å². The summed E-state index contributed by atoms with van der Waals surface area (Å²) in [6.45, 7) is 6.20. The number of carbonyl (C=O) groups excluding carboxylic acids is 1. The van der Waals surface area contributed by atoms with Crippen molar-refractivity contribution in [3.8, 4) is 22.8 Å². The summed E-state index contributed by atoms with van der Waals surface area (Å²) in [4.78, 5) is 21.5. The van der Waals surface area contributed by atoms with E-state index in [1.165, 1.54) is 5.69 Å². The van der Waals surface area contributed by atoms with E-state index >= 15 is 0 Å². The third-order valence-electron chi connectivity index (χ3n) is 9.43. The predicted molar refractivity (Wildman–Crippen MR) is 182 cm³/mol. The van der Waals surface area contributed by atoms with E-state index in [-0.39, 0.29) is 11.8 Å². The molecule has 244 valence electrons. The summed E-state index contributed by atoms with van der Waals surface area (Å²) in [7, 11) is 0. The van der Waals surface area contributed by atoms with Crippen LogP contribution in [0.25, 0.3) is 11.3 Å². The largest absolute Gasteiger partial charge is 0.507 e. The number of aromatic nitrogens is 2. The molecule has 0 radical (unpaired) electrons. The van der Waals surface area contributed by atoms with Gasteiger partial charge in [0.2, 0.25) is 0 Å². The molecule has 0 spiro atoms. The van der Waals surface area contributed by atoms with E-state index in [0.29, 0.717) is 55.5 Å². The Bertz CT molecular complexity index is 1670. The van der Waals surface area contributed by atoms with Gasteiger partial charge >= 0.3 is 6.09 Å². The van der Waals surface area contributed by atoms with E-state index in [9.17, 15) is 9.90 Å². The number of benzene rings is 3. The van der Waals surface area contributed by atoms with Crippen molar-refractivity contribution in [3.63, 3.8) is 0 Å². The lowest BCUT2D eigenvalue weighted by atomic mass is 10.1. The first-order valence-electron chi connectivity index (χ1n) is 16.4. The highest BCUT2D eigenvalue weighted by Crippen LogP contribution is 2.39. The monoisotopic (exact) mass is 635 g/mol. The van der Waals surface area contributed by atoms with Gasteiger partial charge in [0.1, 0.15) is 24.7 Å². The van der Waals surface area contributed by atoms with Gasteiger partial charge in [-0.15, -0.1) is 10.2 Å². The van der Waals surface area contributed by atoms with Gasteiger partial charge in [-0.3, -0.25) is 4.90 Å². The molecule has 3 N–H and O–H groups in total. The molecule has 2 unspecified atom stereocenters. The lowest BCUT2D eigenvalue weighted by molar-refractivity contribution is 0.0684. The van der Waals surface area contributed by atoms with Crippen LogP contribution in [-0.2, 0) is 11.3 Å². The third kappa shape index (κ3) is 6.90. The van der Waals surface area contributed by atoms with Crippen LogP contribution in [0.3, 0.4) is 0 Å². The van der Waals surface area contributed by atoms with Crippen molar-refractivity contribution in [2.24, 2.45) is 0 Å². The van der Waals surface area contributed by atoms with Crippen LogP contribution in [0.15, 0.2) is 84.9 Å². The summed E-state index contributed by atoms with van der Waals surface area (Å²) in [5, 5.41) is 18.9. The van der Waals surface area contributed by atoms with Gasteiger partial charge in [0, 0.05) is 75.2 Å². The van der Waals surface area contributed by atoms with Gasteiger partial charge in [0.15, 0.2) is 5.82 Å². The fraction of sp³-hybridized carbons (Fsp3) is 0.361. The molecule has 2 bridgehead atoms. The van der Waals surface area contributed by atoms with E-state index in [4.69, 9.17) is 15.2 Å². The maximum absolute atomic E-state index is 12.5. The molecule has 11 nitrogen and oxygen atoms in total. The standard InChI is InChI=1S/C36H41N7O4/c37-35-33(22-32(38-39-35)31-11-4-5-12-34(31)44)42-23-28-13-14-29(24-42)43(28)27-9-6-10-30(21-27)46-20-19-40-15-17-41(18-16-40)36(45)47-25-26-7-2-1-3-8-26/h1-12,21-22,28-29,44H,13-20,23-25H2,(H2,37,39). The Labute approximate surface area is 275 Å². The summed E-state index contributed by atoms with van der Waals surface area (Å²) in [6, 6.07) is 27.9. The van der Waals surface area contributed by atoms with E-state index in [0.717, 1.165) is 62.6 Å². The molecular formula is C36H41N7O4. The van der Waals surface area contributed by atoms with Crippen LogP contribution >= 0.6 is 0 Å². The van der Waals surface area contributed by atoms with Crippen LogP contribution < -0.4 is 20.3 Å². The molecule has 2 atom stereocenters. The number of rotatable bonds is 9. The molecule has 1 aromatic heterocycles. The molecule has 0 aliphatic carbocycles. The quantitative estimate of drug-likeness (QED) is 0.270. The first-order valence-corrected chi connectivity index (χ1v) is 16.4. The second-order valence-electron chi connectivity index (χ2n) is 12.4. The normalized spacial score (nSPS) is 19.5. The highest BCUT2D eigenvalue weighted by molar-refractivity contribution is 5.74. The van der Waals surface area contributed by atoms with Crippen LogP contribution in [0.1, 0.15) is 18.4 Å². The summed E-state index contributed by atoms with van der Waals surface area (Å²) in [6.07, 6.45) is 1.94. The van der Waals surface area contributed by atoms with E-state index in [1.807, 2.05) is 54.6 Å². The maximum Gasteiger partial charge on any atom is 0.410 e. The summed E-state index contributed by atoms with van der Waals surface area (Å²) >= 11 is 0. The Morgan fingerprint density at radius 1 is 0.872 bits per heavy atom. The number of hydrogen-bond donors (Lipinski definition) is 2. The van der Waals surface area contributed by atoms with Gasteiger partial charge in [0.05, 0.1) is 11.4 Å². The summed E-state index contributed by atoms with van der Waals surface area (Å²) in [5.74, 6) is 1.43. The smallest absolute Gasteiger partial charge is 0.410 e. The van der Waals surface area contributed by atoms with E-state index in [1.54, 1.807) is 17.0 Å². The second-order valence-corrected chi connectivity index (χ2v) is 12.4. The molecule has 3 saturated heterocycles. The number of piperazine rings is 2. The molecule has 0 saturated carbocycles. The van der Waals surface area contributed by atoms with Crippen molar-refractivity contribution in [2.45, 2.75) is 31.5 Å². The molecule has 3 fully saturated rings.